The van der Waals surface area contributed by atoms with Crippen molar-refractivity contribution in [3.05, 3.63) is 30.3 Å². The first-order valence-electron chi connectivity index (χ1n) is 4.49. The fourth-order valence-electron chi connectivity index (χ4n) is 0.873. The summed E-state index contributed by atoms with van der Waals surface area (Å²) in [5.41, 5.74) is 0. The molecular weight excluding hydrogens is 180 g/mol. The Morgan fingerprint density at radius 3 is 2.50 bits per heavy atom. The Morgan fingerprint density at radius 2 is 1.93 bits per heavy atom. The molecule has 0 aliphatic carbocycles. The average molecular weight is 196 g/mol. The largest absolute Gasteiger partial charge is 0.494 e. The Balaban J connectivity index is 0.000000791. The summed E-state index contributed by atoms with van der Waals surface area (Å²) in [6, 6.07) is 9.60. The molecular formula is C11H16O3. The molecule has 1 N–H and O–H groups in total. The Hall–Kier alpha value is -1.35. The van der Waals surface area contributed by atoms with Crippen LogP contribution in [0.1, 0.15) is 12.8 Å². The molecule has 0 atom stereocenters. The van der Waals surface area contributed by atoms with Gasteiger partial charge in [0.15, 0.2) is 0 Å². The van der Waals surface area contributed by atoms with Gasteiger partial charge in [0.25, 0.3) is 0 Å². The molecule has 0 aromatic heterocycles. The van der Waals surface area contributed by atoms with E-state index in [0.717, 1.165) is 25.6 Å². The second kappa shape index (κ2) is 9.74. The number of aldehydes is 1. The highest BCUT2D eigenvalue weighted by Crippen LogP contribution is 2.08. The van der Waals surface area contributed by atoms with Crippen molar-refractivity contribution in [3.8, 4) is 5.75 Å². The highest BCUT2D eigenvalue weighted by atomic mass is 16.5. The molecule has 0 radical (unpaired) electrons. The van der Waals surface area contributed by atoms with Gasteiger partial charge in [-0.1, -0.05) is 18.2 Å². The lowest BCUT2D eigenvalue weighted by molar-refractivity contribution is -0.108. The quantitative estimate of drug-likeness (QED) is 0.575. The Labute approximate surface area is 84.3 Å². The van der Waals surface area contributed by atoms with Crippen LogP contribution in [-0.4, -0.2) is 25.1 Å². The van der Waals surface area contributed by atoms with Crippen molar-refractivity contribution in [2.45, 2.75) is 12.8 Å². The first-order chi connectivity index (χ1) is 6.93. The normalized spacial score (nSPS) is 8.43. The molecule has 0 saturated heterocycles. The van der Waals surface area contributed by atoms with Gasteiger partial charge in [0.2, 0.25) is 0 Å². The standard InChI is InChI=1S/C10H12O2.CH4O/c11-8-4-5-9-12-10-6-2-1-3-7-10;1-2/h1-3,6-8H,4-5,9H2;2H,1H3. The lowest BCUT2D eigenvalue weighted by atomic mass is 10.3. The maximum Gasteiger partial charge on any atom is 0.120 e. The molecule has 3 nitrogen and oxygen atoms in total. The predicted octanol–water partition coefficient (Wildman–Crippen LogP) is 1.65. The zero-order chi connectivity index (χ0) is 10.6. The number of aliphatic hydroxyl groups excluding tert-OH is 1. The molecule has 0 amide bonds. The van der Waals surface area contributed by atoms with Gasteiger partial charge in [-0.25, -0.2) is 0 Å². The van der Waals surface area contributed by atoms with Crippen LogP contribution in [0.3, 0.4) is 0 Å². The number of aliphatic hydroxyl groups is 1. The van der Waals surface area contributed by atoms with E-state index in [4.69, 9.17) is 9.84 Å². The lowest BCUT2D eigenvalue weighted by Crippen LogP contribution is -1.96. The number of hydrogen-bond acceptors (Lipinski definition) is 3. The molecule has 0 aliphatic rings. The Kier molecular flexibility index (Phi) is 8.80. The summed E-state index contributed by atoms with van der Waals surface area (Å²) in [6.45, 7) is 0.614. The highest BCUT2D eigenvalue weighted by molar-refractivity contribution is 5.48. The molecule has 0 unspecified atom stereocenters. The van der Waals surface area contributed by atoms with E-state index < -0.39 is 0 Å². The fourth-order valence-corrected chi connectivity index (χ4v) is 0.873. The molecule has 1 aromatic carbocycles. The number of carbonyl (C=O) groups excluding carboxylic acids is 1. The number of ether oxygens (including phenoxy) is 1. The summed E-state index contributed by atoms with van der Waals surface area (Å²) >= 11 is 0. The number of rotatable bonds is 5. The third kappa shape index (κ3) is 6.20. The van der Waals surface area contributed by atoms with E-state index in [0.29, 0.717) is 13.0 Å². The number of unbranched alkanes of at least 4 members (excludes halogenated alkanes) is 1. The topological polar surface area (TPSA) is 46.5 Å². The average Bonchev–Trinajstić information content (AvgIpc) is 2.29. The number of carbonyl (C=O) groups is 1. The van der Waals surface area contributed by atoms with E-state index >= 15 is 0 Å². The van der Waals surface area contributed by atoms with Gasteiger partial charge in [0.05, 0.1) is 6.61 Å². The van der Waals surface area contributed by atoms with Crippen molar-refractivity contribution >= 4 is 6.29 Å². The molecule has 3 heteroatoms. The van der Waals surface area contributed by atoms with Crippen LogP contribution >= 0.6 is 0 Å². The Bertz CT molecular complexity index is 221. The summed E-state index contributed by atoms with van der Waals surface area (Å²) in [6.07, 6.45) is 2.28. The van der Waals surface area contributed by atoms with Crippen molar-refractivity contribution in [1.29, 1.82) is 0 Å². The SMILES string of the molecule is CO.O=CCCCOc1ccccc1. The van der Waals surface area contributed by atoms with Crippen molar-refractivity contribution < 1.29 is 14.6 Å². The van der Waals surface area contributed by atoms with Crippen LogP contribution in [0, 0.1) is 0 Å². The van der Waals surface area contributed by atoms with Crippen LogP contribution in [0.4, 0.5) is 0 Å². The van der Waals surface area contributed by atoms with Gasteiger partial charge in [-0.05, 0) is 18.6 Å². The minimum Gasteiger partial charge on any atom is -0.494 e. The lowest BCUT2D eigenvalue weighted by Gasteiger charge is -2.02. The smallest absolute Gasteiger partial charge is 0.120 e. The third-order valence-electron chi connectivity index (χ3n) is 1.48. The van der Waals surface area contributed by atoms with Crippen LogP contribution < -0.4 is 4.74 Å². The zero-order valence-electron chi connectivity index (χ0n) is 8.35. The summed E-state index contributed by atoms with van der Waals surface area (Å²) in [7, 11) is 1.00. The van der Waals surface area contributed by atoms with Gasteiger partial charge in [-0.3, -0.25) is 0 Å². The van der Waals surface area contributed by atoms with Crippen molar-refractivity contribution in [3.63, 3.8) is 0 Å². The molecule has 78 valence electrons. The van der Waals surface area contributed by atoms with Crippen molar-refractivity contribution in [2.24, 2.45) is 0 Å². The van der Waals surface area contributed by atoms with Crippen molar-refractivity contribution in [2.75, 3.05) is 13.7 Å². The highest BCUT2D eigenvalue weighted by Gasteiger charge is 1.89. The molecule has 0 aliphatic heterocycles. The van der Waals surface area contributed by atoms with Gasteiger partial charge in [0, 0.05) is 13.5 Å². The van der Waals surface area contributed by atoms with Crippen LogP contribution in [0.25, 0.3) is 0 Å². The maximum atomic E-state index is 9.96. The molecule has 0 fully saturated rings. The van der Waals surface area contributed by atoms with Gasteiger partial charge in [-0.2, -0.15) is 0 Å². The van der Waals surface area contributed by atoms with Gasteiger partial charge in [0.1, 0.15) is 12.0 Å². The van der Waals surface area contributed by atoms with E-state index in [1.54, 1.807) is 0 Å². The van der Waals surface area contributed by atoms with Crippen molar-refractivity contribution in [1.82, 2.24) is 0 Å². The van der Waals surface area contributed by atoms with E-state index in [1.807, 2.05) is 30.3 Å². The zero-order valence-corrected chi connectivity index (χ0v) is 8.35. The predicted molar refractivity (Wildman–Crippen MR) is 55.4 cm³/mol. The van der Waals surface area contributed by atoms with Crippen LogP contribution in [-0.2, 0) is 4.79 Å². The van der Waals surface area contributed by atoms with Gasteiger partial charge < -0.3 is 14.6 Å². The van der Waals surface area contributed by atoms with Crippen LogP contribution in [0.5, 0.6) is 5.75 Å². The third-order valence-corrected chi connectivity index (χ3v) is 1.48. The molecule has 0 bridgehead atoms. The maximum absolute atomic E-state index is 9.96. The first kappa shape index (κ1) is 12.7. The number of benzene rings is 1. The summed E-state index contributed by atoms with van der Waals surface area (Å²) < 4.78 is 5.35. The molecule has 1 aromatic rings. The van der Waals surface area contributed by atoms with Crippen LogP contribution in [0.2, 0.25) is 0 Å². The van der Waals surface area contributed by atoms with Crippen LogP contribution in [0.15, 0.2) is 30.3 Å². The minimum atomic E-state index is 0.576. The number of para-hydroxylation sites is 1. The second-order valence-corrected chi connectivity index (χ2v) is 2.47. The fraction of sp³-hybridized carbons (Fsp3) is 0.364. The summed E-state index contributed by atoms with van der Waals surface area (Å²) in [4.78, 5) is 9.96. The molecule has 0 heterocycles. The van der Waals surface area contributed by atoms with E-state index in [9.17, 15) is 4.79 Å². The minimum absolute atomic E-state index is 0.576. The monoisotopic (exact) mass is 196 g/mol. The molecule has 0 spiro atoms. The van der Waals surface area contributed by atoms with E-state index in [2.05, 4.69) is 0 Å². The van der Waals surface area contributed by atoms with E-state index in [1.165, 1.54) is 0 Å². The summed E-state index contributed by atoms with van der Waals surface area (Å²) in [5.74, 6) is 0.864. The van der Waals surface area contributed by atoms with Gasteiger partial charge in [-0.15, -0.1) is 0 Å². The van der Waals surface area contributed by atoms with E-state index in [-0.39, 0.29) is 0 Å². The number of hydrogen-bond donors (Lipinski definition) is 1. The first-order valence-corrected chi connectivity index (χ1v) is 4.49. The molecule has 14 heavy (non-hydrogen) atoms. The Morgan fingerprint density at radius 1 is 1.29 bits per heavy atom. The molecule has 0 saturated carbocycles. The summed E-state index contributed by atoms with van der Waals surface area (Å²) in [5, 5.41) is 7.00. The molecule has 1 rings (SSSR count). The second-order valence-electron chi connectivity index (χ2n) is 2.47. The van der Waals surface area contributed by atoms with Gasteiger partial charge >= 0.3 is 0 Å².